The maximum Gasteiger partial charge on any atom is 0.319 e. The van der Waals surface area contributed by atoms with E-state index in [1.165, 1.54) is 0 Å². The van der Waals surface area contributed by atoms with Crippen LogP contribution in [0, 0.1) is 5.41 Å². The van der Waals surface area contributed by atoms with Gasteiger partial charge in [-0.15, -0.1) is 0 Å². The molecular formula is C14H20N2O2. The molecule has 0 aromatic heterocycles. The van der Waals surface area contributed by atoms with Gasteiger partial charge >= 0.3 is 6.03 Å². The van der Waals surface area contributed by atoms with Crippen molar-refractivity contribution in [2.24, 2.45) is 5.41 Å². The Labute approximate surface area is 107 Å². The summed E-state index contributed by atoms with van der Waals surface area (Å²) in [5.74, 6) is 0. The van der Waals surface area contributed by atoms with Gasteiger partial charge in [0.05, 0.1) is 6.10 Å². The Kier molecular flexibility index (Phi) is 3.30. The van der Waals surface area contributed by atoms with Gasteiger partial charge in [0.15, 0.2) is 0 Å². The maximum atomic E-state index is 11.7. The molecule has 1 saturated carbocycles. The third-order valence-electron chi connectivity index (χ3n) is 3.45. The minimum absolute atomic E-state index is 0.187. The van der Waals surface area contributed by atoms with E-state index in [2.05, 4.69) is 24.5 Å². The summed E-state index contributed by atoms with van der Waals surface area (Å²) in [4.78, 5) is 11.7. The van der Waals surface area contributed by atoms with Crippen molar-refractivity contribution >= 4 is 11.7 Å². The molecule has 1 aromatic carbocycles. The Bertz CT molecular complexity index is 455. The Balaban J connectivity index is 1.93. The van der Waals surface area contributed by atoms with Gasteiger partial charge in [0.25, 0.3) is 0 Å². The SMILES string of the molecule is CC(O)c1cccc(NC(=O)NC2CC2(C)C)c1. The van der Waals surface area contributed by atoms with Crippen LogP contribution in [0.2, 0.25) is 0 Å². The van der Waals surface area contributed by atoms with Gasteiger partial charge in [-0.3, -0.25) is 0 Å². The lowest BCUT2D eigenvalue weighted by Gasteiger charge is -2.11. The molecule has 0 spiro atoms. The minimum Gasteiger partial charge on any atom is -0.389 e. The van der Waals surface area contributed by atoms with E-state index in [1.54, 1.807) is 13.0 Å². The Hall–Kier alpha value is -1.55. The van der Waals surface area contributed by atoms with Crippen LogP contribution in [0.1, 0.15) is 38.9 Å². The Morgan fingerprint density at radius 1 is 1.50 bits per heavy atom. The number of aliphatic hydroxyl groups excluding tert-OH is 1. The number of amides is 2. The molecule has 1 aromatic rings. The lowest BCUT2D eigenvalue weighted by atomic mass is 10.1. The van der Waals surface area contributed by atoms with Crippen LogP contribution in [0.5, 0.6) is 0 Å². The van der Waals surface area contributed by atoms with Crippen molar-refractivity contribution in [2.45, 2.75) is 39.3 Å². The second kappa shape index (κ2) is 4.61. The molecular weight excluding hydrogens is 228 g/mol. The molecule has 0 aliphatic heterocycles. The first-order chi connectivity index (χ1) is 8.38. The normalized spacial score (nSPS) is 22.1. The van der Waals surface area contributed by atoms with Crippen LogP contribution in [-0.4, -0.2) is 17.2 Å². The number of hydrogen-bond donors (Lipinski definition) is 3. The summed E-state index contributed by atoms with van der Waals surface area (Å²) in [6.45, 7) is 5.96. The minimum atomic E-state index is -0.530. The highest BCUT2D eigenvalue weighted by Crippen LogP contribution is 2.44. The first kappa shape index (κ1) is 12.9. The van der Waals surface area contributed by atoms with Gasteiger partial charge in [-0.25, -0.2) is 4.79 Å². The summed E-state index contributed by atoms with van der Waals surface area (Å²) < 4.78 is 0. The predicted octanol–water partition coefficient (Wildman–Crippen LogP) is 2.66. The van der Waals surface area contributed by atoms with Crippen LogP contribution >= 0.6 is 0 Å². The van der Waals surface area contributed by atoms with Gasteiger partial charge in [0.2, 0.25) is 0 Å². The lowest BCUT2D eigenvalue weighted by Crippen LogP contribution is -2.32. The number of carbonyl (C=O) groups is 1. The number of aliphatic hydroxyl groups is 1. The summed E-state index contributed by atoms with van der Waals surface area (Å²) in [5.41, 5.74) is 1.71. The van der Waals surface area contributed by atoms with E-state index >= 15 is 0 Å². The van der Waals surface area contributed by atoms with Crippen molar-refractivity contribution < 1.29 is 9.90 Å². The summed E-state index contributed by atoms with van der Waals surface area (Å²) >= 11 is 0. The molecule has 4 heteroatoms. The summed E-state index contributed by atoms with van der Waals surface area (Å²) in [7, 11) is 0. The van der Waals surface area contributed by atoms with Crippen molar-refractivity contribution in [1.29, 1.82) is 0 Å². The van der Waals surface area contributed by atoms with Crippen molar-refractivity contribution in [3.05, 3.63) is 29.8 Å². The van der Waals surface area contributed by atoms with Crippen molar-refractivity contribution in [2.75, 3.05) is 5.32 Å². The van der Waals surface area contributed by atoms with Crippen LogP contribution in [0.25, 0.3) is 0 Å². The molecule has 3 N–H and O–H groups in total. The number of hydrogen-bond acceptors (Lipinski definition) is 2. The van der Waals surface area contributed by atoms with Gasteiger partial charge in [-0.1, -0.05) is 26.0 Å². The summed E-state index contributed by atoms with van der Waals surface area (Å²) in [6.07, 6.45) is 0.492. The van der Waals surface area contributed by atoms with Gasteiger partial charge in [-0.05, 0) is 36.5 Å². The maximum absolute atomic E-state index is 11.7. The van der Waals surface area contributed by atoms with Crippen molar-refractivity contribution in [3.8, 4) is 0 Å². The largest absolute Gasteiger partial charge is 0.389 e. The van der Waals surface area contributed by atoms with E-state index < -0.39 is 6.10 Å². The monoisotopic (exact) mass is 248 g/mol. The number of carbonyl (C=O) groups excluding carboxylic acids is 1. The quantitative estimate of drug-likeness (QED) is 0.770. The van der Waals surface area contributed by atoms with E-state index in [9.17, 15) is 9.90 Å². The van der Waals surface area contributed by atoms with Crippen LogP contribution in [-0.2, 0) is 0 Å². The molecule has 98 valence electrons. The molecule has 2 rings (SSSR count). The molecule has 2 amide bonds. The molecule has 18 heavy (non-hydrogen) atoms. The molecule has 2 unspecified atom stereocenters. The molecule has 2 atom stereocenters. The number of benzene rings is 1. The van der Waals surface area contributed by atoms with Gasteiger partial charge in [0, 0.05) is 11.7 Å². The third-order valence-corrected chi connectivity index (χ3v) is 3.45. The first-order valence-corrected chi connectivity index (χ1v) is 6.24. The molecule has 1 aliphatic rings. The fourth-order valence-electron chi connectivity index (χ4n) is 1.92. The number of nitrogens with one attached hydrogen (secondary N) is 2. The molecule has 0 heterocycles. The van der Waals surface area contributed by atoms with Crippen LogP contribution in [0.4, 0.5) is 10.5 Å². The lowest BCUT2D eigenvalue weighted by molar-refractivity contribution is 0.199. The summed E-state index contributed by atoms with van der Waals surface area (Å²) in [5, 5.41) is 15.2. The van der Waals surface area contributed by atoms with Crippen LogP contribution < -0.4 is 10.6 Å². The van der Waals surface area contributed by atoms with Crippen molar-refractivity contribution in [3.63, 3.8) is 0 Å². The molecule has 0 bridgehead atoms. The second-order valence-corrected chi connectivity index (χ2v) is 5.65. The highest BCUT2D eigenvalue weighted by atomic mass is 16.3. The fourth-order valence-corrected chi connectivity index (χ4v) is 1.92. The summed E-state index contributed by atoms with van der Waals surface area (Å²) in [6, 6.07) is 7.31. The third kappa shape index (κ3) is 3.01. The van der Waals surface area contributed by atoms with Crippen LogP contribution in [0.15, 0.2) is 24.3 Å². The fraction of sp³-hybridized carbons (Fsp3) is 0.500. The van der Waals surface area contributed by atoms with Gasteiger partial charge in [-0.2, -0.15) is 0 Å². The second-order valence-electron chi connectivity index (χ2n) is 5.65. The van der Waals surface area contributed by atoms with E-state index in [0.717, 1.165) is 12.0 Å². The van der Waals surface area contributed by atoms with E-state index in [-0.39, 0.29) is 17.5 Å². The topological polar surface area (TPSA) is 61.4 Å². The van der Waals surface area contributed by atoms with Gasteiger partial charge in [0.1, 0.15) is 0 Å². The standard InChI is InChI=1S/C14H20N2O2/c1-9(17)10-5-4-6-11(7-10)15-13(18)16-12-8-14(12,2)3/h4-7,9,12,17H,8H2,1-3H3,(H2,15,16,18). The van der Waals surface area contributed by atoms with E-state index in [0.29, 0.717) is 5.69 Å². The molecule has 1 aliphatic carbocycles. The number of urea groups is 1. The zero-order chi connectivity index (χ0) is 13.3. The zero-order valence-corrected chi connectivity index (χ0v) is 11.0. The molecule has 0 radical (unpaired) electrons. The zero-order valence-electron chi connectivity index (χ0n) is 11.0. The molecule has 4 nitrogen and oxygen atoms in total. The molecule has 0 saturated heterocycles. The number of anilines is 1. The smallest absolute Gasteiger partial charge is 0.319 e. The Morgan fingerprint density at radius 3 is 2.72 bits per heavy atom. The van der Waals surface area contributed by atoms with E-state index in [1.807, 2.05) is 18.2 Å². The van der Waals surface area contributed by atoms with E-state index in [4.69, 9.17) is 0 Å². The molecule has 1 fully saturated rings. The highest BCUT2D eigenvalue weighted by molar-refractivity contribution is 5.89. The van der Waals surface area contributed by atoms with Crippen LogP contribution in [0.3, 0.4) is 0 Å². The van der Waals surface area contributed by atoms with Gasteiger partial charge < -0.3 is 15.7 Å². The Morgan fingerprint density at radius 2 is 2.17 bits per heavy atom. The average molecular weight is 248 g/mol. The average Bonchev–Trinajstić information content (AvgIpc) is 2.85. The number of rotatable bonds is 3. The highest BCUT2D eigenvalue weighted by Gasteiger charge is 2.46. The van der Waals surface area contributed by atoms with Crippen molar-refractivity contribution in [1.82, 2.24) is 5.32 Å². The predicted molar refractivity (Wildman–Crippen MR) is 71.4 cm³/mol. The first-order valence-electron chi connectivity index (χ1n) is 6.24.